The van der Waals surface area contributed by atoms with E-state index in [9.17, 15) is 4.79 Å². The number of amides is 1. The Morgan fingerprint density at radius 2 is 2.18 bits per heavy atom. The van der Waals surface area contributed by atoms with Gasteiger partial charge in [-0.3, -0.25) is 15.2 Å². The van der Waals surface area contributed by atoms with Gasteiger partial charge in [-0.2, -0.15) is 0 Å². The van der Waals surface area contributed by atoms with Crippen LogP contribution in [0, 0.1) is 0 Å². The Morgan fingerprint density at radius 3 is 2.82 bits per heavy atom. The minimum absolute atomic E-state index is 0.101. The van der Waals surface area contributed by atoms with Crippen LogP contribution in [0.4, 0.5) is 0 Å². The summed E-state index contributed by atoms with van der Waals surface area (Å²) in [5.74, 6) is -0.611. The molecule has 0 saturated carbocycles. The smallest absolute Gasteiger partial charge is 0.307 e. The van der Waals surface area contributed by atoms with Crippen molar-refractivity contribution in [2.24, 2.45) is 0 Å². The molecule has 1 saturated heterocycles. The number of hydrogen-bond donors (Lipinski definition) is 2. The molecule has 0 unspecified atom stereocenters. The van der Waals surface area contributed by atoms with E-state index in [1.807, 2.05) is 0 Å². The second kappa shape index (κ2) is 5.13. The maximum Gasteiger partial charge on any atom is 0.307 e. The van der Waals surface area contributed by atoms with Crippen molar-refractivity contribution in [3.8, 4) is 5.75 Å². The third-order valence-electron chi connectivity index (χ3n) is 2.48. The third kappa shape index (κ3) is 2.73. The van der Waals surface area contributed by atoms with Gasteiger partial charge < -0.3 is 9.47 Å². The van der Waals surface area contributed by atoms with Gasteiger partial charge >= 0.3 is 5.91 Å². The van der Waals surface area contributed by atoms with Crippen LogP contribution in [0.15, 0.2) is 24.3 Å². The van der Waals surface area contributed by atoms with Gasteiger partial charge in [-0.15, -0.1) is 0 Å². The molecule has 1 aromatic carbocycles. The summed E-state index contributed by atoms with van der Waals surface area (Å²) in [6, 6.07) is 6.40. The van der Waals surface area contributed by atoms with E-state index in [2.05, 4.69) is 0 Å². The van der Waals surface area contributed by atoms with Gasteiger partial charge in [0.1, 0.15) is 11.9 Å². The lowest BCUT2D eigenvalue weighted by atomic mass is 10.2. The number of rotatable bonds is 3. The fourth-order valence-corrected chi connectivity index (χ4v) is 1.64. The lowest BCUT2D eigenvalue weighted by Gasteiger charge is -2.15. The van der Waals surface area contributed by atoms with Gasteiger partial charge in [0.05, 0.1) is 18.8 Å². The Hall–Kier alpha value is -1.63. The second-order valence-corrected chi connectivity index (χ2v) is 3.69. The minimum atomic E-state index is -0.931. The second-order valence-electron chi connectivity index (χ2n) is 3.69. The molecule has 0 aliphatic carbocycles. The monoisotopic (exact) mass is 239 g/mol. The first-order valence-corrected chi connectivity index (χ1v) is 5.24. The van der Waals surface area contributed by atoms with Gasteiger partial charge in [0.25, 0.3) is 0 Å². The molecule has 1 heterocycles. The van der Waals surface area contributed by atoms with Crippen LogP contribution in [0.5, 0.6) is 5.75 Å². The number of ether oxygens (including phenoxy) is 2. The number of para-hydroxylation sites is 1. The third-order valence-corrected chi connectivity index (χ3v) is 2.48. The average molecular weight is 239 g/mol. The lowest BCUT2D eigenvalue weighted by Crippen LogP contribution is -2.25. The highest BCUT2D eigenvalue weighted by molar-refractivity contribution is 5.95. The first-order chi connectivity index (χ1) is 8.18. The van der Waals surface area contributed by atoms with Crippen LogP contribution in [-0.2, 0) is 4.74 Å². The van der Waals surface area contributed by atoms with Gasteiger partial charge in [-0.25, -0.2) is 0 Å². The van der Waals surface area contributed by atoms with Gasteiger partial charge in [0, 0.05) is 6.42 Å². The summed E-state index contributed by atoms with van der Waals surface area (Å²) in [6.07, 6.45) is 0.652. The van der Waals surface area contributed by atoms with E-state index in [4.69, 9.17) is 19.9 Å². The van der Waals surface area contributed by atoms with Gasteiger partial charge in [-0.05, 0) is 12.1 Å². The standard InChI is InChI=1S/C11H13NO5/c13-11(12(14)15)9-3-1-2-4-10(9)17-8-5-6-16-7-8/h1-4,8,14-15H,5-7H2/t8-/m1/s1. The molecule has 92 valence electrons. The summed E-state index contributed by atoms with van der Waals surface area (Å²) >= 11 is 0. The molecule has 0 bridgehead atoms. The lowest BCUT2D eigenvalue weighted by molar-refractivity contribution is -0.260. The molecule has 1 amide bonds. The maximum absolute atomic E-state index is 11.5. The van der Waals surface area contributed by atoms with Gasteiger partial charge in [0.2, 0.25) is 0 Å². The van der Waals surface area contributed by atoms with E-state index < -0.39 is 11.1 Å². The molecular weight excluding hydrogens is 226 g/mol. The normalized spacial score (nSPS) is 19.1. The van der Waals surface area contributed by atoms with Gasteiger partial charge in [-0.1, -0.05) is 17.4 Å². The van der Waals surface area contributed by atoms with E-state index >= 15 is 0 Å². The van der Waals surface area contributed by atoms with Crippen LogP contribution < -0.4 is 4.74 Å². The van der Waals surface area contributed by atoms with Crippen molar-refractivity contribution in [1.82, 2.24) is 5.23 Å². The fraction of sp³-hybridized carbons (Fsp3) is 0.364. The van der Waals surface area contributed by atoms with Crippen molar-refractivity contribution in [2.75, 3.05) is 13.2 Å². The summed E-state index contributed by atoms with van der Waals surface area (Å²) in [5, 5.41) is 17.0. The number of benzene rings is 1. The van der Waals surface area contributed by atoms with E-state index in [-0.39, 0.29) is 11.7 Å². The topological polar surface area (TPSA) is 79.2 Å². The predicted octanol–water partition coefficient (Wildman–Crippen LogP) is 1.07. The van der Waals surface area contributed by atoms with Crippen molar-refractivity contribution in [2.45, 2.75) is 12.5 Å². The number of carbonyl (C=O) groups excluding carboxylic acids is 1. The van der Waals surface area contributed by atoms with E-state index in [1.54, 1.807) is 18.2 Å². The summed E-state index contributed by atoms with van der Waals surface area (Å²) in [4.78, 5) is 11.5. The van der Waals surface area contributed by atoms with Gasteiger partial charge in [0.15, 0.2) is 0 Å². The minimum Gasteiger partial charge on any atom is -0.487 e. The maximum atomic E-state index is 11.5. The molecule has 0 radical (unpaired) electrons. The Balaban J connectivity index is 2.17. The molecule has 1 aliphatic heterocycles. The Kier molecular flexibility index (Phi) is 3.58. The summed E-state index contributed by atoms with van der Waals surface area (Å²) in [6.45, 7) is 1.11. The van der Waals surface area contributed by atoms with Crippen LogP contribution in [0.1, 0.15) is 16.8 Å². The Labute approximate surface area is 97.9 Å². The highest BCUT2D eigenvalue weighted by Gasteiger charge is 2.22. The van der Waals surface area contributed by atoms with Crippen molar-refractivity contribution in [3.05, 3.63) is 29.8 Å². The first-order valence-electron chi connectivity index (χ1n) is 5.24. The fourth-order valence-electron chi connectivity index (χ4n) is 1.64. The van der Waals surface area contributed by atoms with Crippen molar-refractivity contribution < 1.29 is 24.7 Å². The van der Waals surface area contributed by atoms with E-state index in [1.165, 1.54) is 6.07 Å². The largest absolute Gasteiger partial charge is 0.487 e. The van der Waals surface area contributed by atoms with Crippen LogP contribution in [0.3, 0.4) is 0 Å². The van der Waals surface area contributed by atoms with E-state index in [0.717, 1.165) is 6.42 Å². The van der Waals surface area contributed by atoms with Crippen LogP contribution >= 0.6 is 0 Å². The Bertz CT molecular complexity index is 401. The van der Waals surface area contributed by atoms with E-state index in [0.29, 0.717) is 19.0 Å². The zero-order chi connectivity index (χ0) is 12.3. The first kappa shape index (κ1) is 11.8. The molecule has 1 atom stereocenters. The summed E-state index contributed by atoms with van der Waals surface area (Å²) in [5.41, 5.74) is 0.101. The molecule has 6 heteroatoms. The summed E-state index contributed by atoms with van der Waals surface area (Å²) in [7, 11) is 0. The predicted molar refractivity (Wildman–Crippen MR) is 56.0 cm³/mol. The molecule has 1 fully saturated rings. The van der Waals surface area contributed by atoms with Crippen molar-refractivity contribution >= 4 is 5.91 Å². The molecule has 0 spiro atoms. The Morgan fingerprint density at radius 1 is 1.41 bits per heavy atom. The zero-order valence-electron chi connectivity index (χ0n) is 9.07. The quantitative estimate of drug-likeness (QED) is 0.609. The molecule has 17 heavy (non-hydrogen) atoms. The molecule has 6 nitrogen and oxygen atoms in total. The molecule has 0 aromatic heterocycles. The van der Waals surface area contributed by atoms with Crippen molar-refractivity contribution in [1.29, 1.82) is 0 Å². The number of carbonyl (C=O) groups is 1. The number of hydrogen-bond acceptors (Lipinski definition) is 5. The SMILES string of the molecule is O=C(c1ccccc1O[C@@H]1CCOC1)N(O)O. The average Bonchev–Trinajstić information content (AvgIpc) is 2.81. The molecule has 1 aromatic rings. The number of hydroxylamine groups is 2. The van der Waals surface area contributed by atoms with Crippen LogP contribution in [0.2, 0.25) is 0 Å². The molecular formula is C11H13NO5. The van der Waals surface area contributed by atoms with Crippen molar-refractivity contribution in [3.63, 3.8) is 0 Å². The number of nitrogens with zero attached hydrogens (tertiary/aromatic N) is 1. The zero-order valence-corrected chi connectivity index (χ0v) is 9.07. The highest BCUT2D eigenvalue weighted by atomic mass is 16.8. The van der Waals surface area contributed by atoms with Crippen LogP contribution in [-0.4, -0.2) is 40.9 Å². The van der Waals surface area contributed by atoms with Crippen LogP contribution in [0.25, 0.3) is 0 Å². The molecule has 1 aliphatic rings. The summed E-state index contributed by atoms with van der Waals surface area (Å²) < 4.78 is 10.7. The molecule has 2 rings (SSSR count). The highest BCUT2D eigenvalue weighted by Crippen LogP contribution is 2.22. The molecule has 2 N–H and O–H groups in total.